The second kappa shape index (κ2) is 14.0. The van der Waals surface area contributed by atoms with Crippen molar-refractivity contribution >= 4 is 36.1 Å². The summed E-state index contributed by atoms with van der Waals surface area (Å²) in [5.74, 6) is 0. The van der Waals surface area contributed by atoms with Gasteiger partial charge in [0, 0.05) is 15.9 Å². The standard InChI is InChI=1S/C21H30BrN5.2ClH.Mn/c22-15-11-16-13-25-20-7-3-1-5-18(20)23-9-10-24-19-6-2-4-8-21(19)26-14-17(12-15)27-16;;;/h11-12,18-21H,1-10,13-14H2;2*1H;/q-4;;;+2/p-2/t18-,19?,20-,21?;;;/m1.../s1. The molecule has 3 aliphatic rings. The molecule has 9 heteroatoms. The Kier molecular flexibility index (Phi) is 11.7. The molecule has 30 heavy (non-hydrogen) atoms. The van der Waals surface area contributed by atoms with Crippen LogP contribution in [-0.2, 0) is 26.2 Å². The van der Waals surface area contributed by atoms with Crippen LogP contribution in [-0.4, -0.2) is 42.2 Å². The molecule has 0 spiro atoms. The van der Waals surface area contributed by atoms with Crippen molar-refractivity contribution in [3.63, 3.8) is 0 Å². The molecule has 2 fully saturated rings. The van der Waals surface area contributed by atoms with Crippen LogP contribution in [0.5, 0.6) is 0 Å². The Morgan fingerprint density at radius 3 is 1.50 bits per heavy atom. The summed E-state index contributed by atoms with van der Waals surface area (Å²) in [7, 11) is 9.59. The van der Waals surface area contributed by atoms with Gasteiger partial charge >= 0.3 is 33.3 Å². The summed E-state index contributed by atoms with van der Waals surface area (Å²) in [6.07, 6.45) is 9.76. The van der Waals surface area contributed by atoms with Gasteiger partial charge in [-0.25, -0.2) is 0 Å². The van der Waals surface area contributed by atoms with Crippen LogP contribution in [0, 0.1) is 0 Å². The van der Waals surface area contributed by atoms with E-state index in [1.54, 1.807) is 0 Å². The van der Waals surface area contributed by atoms with E-state index in [1.807, 2.05) is 0 Å². The van der Waals surface area contributed by atoms with Crippen molar-refractivity contribution in [1.29, 1.82) is 0 Å². The van der Waals surface area contributed by atoms with Gasteiger partial charge in [-0.05, 0) is 12.1 Å². The van der Waals surface area contributed by atoms with Gasteiger partial charge < -0.3 is 21.3 Å². The van der Waals surface area contributed by atoms with Gasteiger partial charge in [0.2, 0.25) is 0 Å². The van der Waals surface area contributed by atoms with Crippen LogP contribution < -0.4 is 0 Å². The van der Waals surface area contributed by atoms with E-state index in [4.69, 9.17) is 46.4 Å². The summed E-state index contributed by atoms with van der Waals surface area (Å²) in [5, 5.41) is 20.0. The molecule has 0 N–H and O–H groups in total. The van der Waals surface area contributed by atoms with Crippen molar-refractivity contribution in [2.45, 2.75) is 88.6 Å². The fourth-order valence-corrected chi connectivity index (χ4v) is 5.20. The van der Waals surface area contributed by atoms with Gasteiger partial charge in [-0.1, -0.05) is 67.3 Å². The van der Waals surface area contributed by atoms with Gasteiger partial charge in [0.1, 0.15) is 0 Å². The molecule has 1 aromatic heterocycles. The van der Waals surface area contributed by atoms with Crippen LogP contribution >= 0.6 is 36.1 Å². The second-order valence-corrected chi connectivity index (χ2v) is 11.0. The zero-order valence-corrected chi connectivity index (χ0v) is 21.5. The quantitative estimate of drug-likeness (QED) is 0.307. The molecule has 1 aliphatic heterocycles. The molecule has 0 radical (unpaired) electrons. The molecule has 2 unspecified atom stereocenters. The molecule has 0 aromatic carbocycles. The van der Waals surface area contributed by atoms with Crippen molar-refractivity contribution in [1.82, 2.24) is 4.98 Å². The minimum absolute atomic E-state index is 0.00694. The van der Waals surface area contributed by atoms with E-state index in [2.05, 4.69) is 28.1 Å². The van der Waals surface area contributed by atoms with E-state index in [0.29, 0.717) is 37.3 Å². The van der Waals surface area contributed by atoms with E-state index in [0.717, 1.165) is 41.8 Å². The third-order valence-corrected chi connectivity index (χ3v) is 6.54. The van der Waals surface area contributed by atoms with E-state index in [9.17, 15) is 0 Å². The predicted molar refractivity (Wildman–Crippen MR) is 126 cm³/mol. The Balaban J connectivity index is 0.000000806. The topological polar surface area (TPSA) is 69.3 Å². The Labute approximate surface area is 204 Å². The third-order valence-electron chi connectivity index (χ3n) is 6.09. The molecule has 1 aromatic rings. The number of pyridine rings is 1. The third kappa shape index (κ3) is 8.17. The van der Waals surface area contributed by atoms with Crippen molar-refractivity contribution in [3.05, 3.63) is 49.3 Å². The SMILES string of the molecule is Brc1cc2nc(c1)C[N-][C@@H]1CCCC[C@H]1[N-]CC[N-]C1CCCCC1[N-]C2.[Cl][Mn][Cl]. The first-order chi connectivity index (χ1) is 14.7. The Hall–Kier alpha value is 0.569. The van der Waals surface area contributed by atoms with Gasteiger partial charge in [0.05, 0.1) is 0 Å². The number of rotatable bonds is 0. The molecule has 4 atom stereocenters. The summed E-state index contributed by atoms with van der Waals surface area (Å²) in [6, 6.07) is 5.63. The number of hydrogen-bond acceptors (Lipinski definition) is 1. The maximum atomic E-state index is 5.01. The molecule has 2 bridgehead atoms. The van der Waals surface area contributed by atoms with Crippen LogP contribution in [0.4, 0.5) is 0 Å². The average molecular weight is 558 g/mol. The molecule has 0 saturated heterocycles. The summed E-state index contributed by atoms with van der Waals surface area (Å²) in [6.45, 7) is 3.05. The molecular weight excluding hydrogens is 528 g/mol. The zero-order chi connectivity index (χ0) is 21.2. The van der Waals surface area contributed by atoms with Gasteiger partial charge in [-0.3, -0.25) is 4.98 Å². The van der Waals surface area contributed by atoms with Gasteiger partial charge in [-0.2, -0.15) is 37.3 Å². The number of hydrogen-bond donors (Lipinski definition) is 0. The Morgan fingerprint density at radius 1 is 0.733 bits per heavy atom. The zero-order valence-electron chi connectivity index (χ0n) is 17.2. The average Bonchev–Trinajstić information content (AvgIpc) is 2.75. The Morgan fingerprint density at radius 2 is 1.10 bits per heavy atom. The fraction of sp³-hybridized carbons (Fsp3) is 0.762. The van der Waals surface area contributed by atoms with Crippen molar-refractivity contribution in [3.8, 4) is 0 Å². The molecule has 171 valence electrons. The first kappa shape index (κ1) is 25.2. The monoisotopic (exact) mass is 556 g/mol. The molecule has 2 heterocycles. The predicted octanol–water partition coefficient (Wildman–Crippen LogP) is 7.35. The van der Waals surface area contributed by atoms with E-state index in [-0.39, 0.29) is 13.1 Å². The second-order valence-electron chi connectivity index (χ2n) is 8.15. The van der Waals surface area contributed by atoms with Crippen LogP contribution in [0.25, 0.3) is 21.3 Å². The summed E-state index contributed by atoms with van der Waals surface area (Å²) < 4.78 is 1.08. The van der Waals surface area contributed by atoms with Gasteiger partial charge in [0.25, 0.3) is 0 Å². The number of halogens is 3. The molecule has 4 rings (SSSR count). The molecule has 2 saturated carbocycles. The molecular formula is C21H30BrCl2MnN5-4. The van der Waals surface area contributed by atoms with Crippen LogP contribution in [0.3, 0.4) is 0 Å². The summed E-state index contributed by atoms with van der Waals surface area (Å²) in [4.78, 5) is 4.84. The first-order valence-electron chi connectivity index (χ1n) is 10.9. The Bertz CT molecular complexity index is 593. The maximum absolute atomic E-state index is 5.01. The van der Waals surface area contributed by atoms with Gasteiger partial charge in [-0.15, -0.1) is 13.1 Å². The van der Waals surface area contributed by atoms with E-state index >= 15 is 0 Å². The number of fused-ring (bicyclic) bond motifs is 4. The van der Waals surface area contributed by atoms with Crippen LogP contribution in [0.2, 0.25) is 0 Å². The van der Waals surface area contributed by atoms with E-state index < -0.39 is 0 Å². The van der Waals surface area contributed by atoms with Crippen molar-refractivity contribution < 1.29 is 13.1 Å². The van der Waals surface area contributed by atoms with E-state index in [1.165, 1.54) is 38.5 Å². The van der Waals surface area contributed by atoms with Gasteiger partial charge in [0.15, 0.2) is 0 Å². The number of nitrogens with zero attached hydrogens (tertiary/aromatic N) is 5. The number of aromatic nitrogens is 1. The normalized spacial score (nSPS) is 30.5. The summed E-state index contributed by atoms with van der Waals surface area (Å²) >= 11 is 3.65. The van der Waals surface area contributed by atoms with Crippen molar-refractivity contribution in [2.75, 3.05) is 13.1 Å². The van der Waals surface area contributed by atoms with Crippen LogP contribution in [0.15, 0.2) is 16.6 Å². The molecule has 2 aliphatic carbocycles. The minimum atomic E-state index is 0.00694. The van der Waals surface area contributed by atoms with Crippen molar-refractivity contribution in [2.24, 2.45) is 0 Å². The molecule has 5 nitrogen and oxygen atoms in total. The van der Waals surface area contributed by atoms with Crippen LogP contribution in [0.1, 0.15) is 62.8 Å². The first-order valence-corrected chi connectivity index (χ1v) is 14.9. The fourth-order valence-electron chi connectivity index (χ4n) is 4.67. The summed E-state index contributed by atoms with van der Waals surface area (Å²) in [5.41, 5.74) is 2.08. The molecule has 0 amide bonds.